The van der Waals surface area contributed by atoms with Crippen molar-refractivity contribution in [1.82, 2.24) is 0 Å². The molecule has 0 aliphatic heterocycles. The van der Waals surface area contributed by atoms with Crippen LogP contribution in [0.2, 0.25) is 0 Å². The van der Waals surface area contributed by atoms with E-state index in [-0.39, 0.29) is 17.3 Å². The molecule has 0 aromatic heterocycles. The summed E-state index contributed by atoms with van der Waals surface area (Å²) in [5.74, 6) is -0.220. The van der Waals surface area contributed by atoms with Crippen LogP contribution in [0.1, 0.15) is 58.3 Å². The Morgan fingerprint density at radius 2 is 1.88 bits per heavy atom. The average Bonchev–Trinajstić information content (AvgIpc) is 2.30. The molecule has 2 saturated carbocycles. The van der Waals surface area contributed by atoms with Crippen LogP contribution < -0.4 is 0 Å². The largest absolute Gasteiger partial charge is 0.481 e. The standard InChI is InChI=1S/C14H22O3/c1-14(11-4-2-3-5-12(11)15)8-6-10(7-9-14)13(16)17/h10-11H,2-9H2,1H3,(H,16,17). The molecule has 2 fully saturated rings. The van der Waals surface area contributed by atoms with Crippen molar-refractivity contribution < 1.29 is 14.7 Å². The minimum Gasteiger partial charge on any atom is -0.481 e. The number of hydrogen-bond acceptors (Lipinski definition) is 2. The number of carbonyl (C=O) groups excluding carboxylic acids is 1. The van der Waals surface area contributed by atoms with Crippen LogP contribution in [0.3, 0.4) is 0 Å². The van der Waals surface area contributed by atoms with Gasteiger partial charge in [0.2, 0.25) is 0 Å². The van der Waals surface area contributed by atoms with Crippen molar-refractivity contribution in [3.05, 3.63) is 0 Å². The van der Waals surface area contributed by atoms with E-state index in [0.717, 1.165) is 51.4 Å². The van der Waals surface area contributed by atoms with E-state index in [1.807, 2.05) is 0 Å². The first kappa shape index (κ1) is 12.6. The van der Waals surface area contributed by atoms with Crippen LogP contribution in [0.15, 0.2) is 0 Å². The zero-order valence-electron chi connectivity index (χ0n) is 10.6. The van der Waals surface area contributed by atoms with Crippen LogP contribution in [0, 0.1) is 17.3 Å². The van der Waals surface area contributed by atoms with Gasteiger partial charge in [0.25, 0.3) is 0 Å². The van der Waals surface area contributed by atoms with Gasteiger partial charge >= 0.3 is 5.97 Å². The van der Waals surface area contributed by atoms with E-state index in [1.165, 1.54) is 0 Å². The molecule has 2 aliphatic carbocycles. The first-order valence-corrected chi connectivity index (χ1v) is 6.78. The van der Waals surface area contributed by atoms with E-state index in [0.29, 0.717) is 5.78 Å². The van der Waals surface area contributed by atoms with Crippen LogP contribution in [0.5, 0.6) is 0 Å². The highest BCUT2D eigenvalue weighted by molar-refractivity contribution is 5.82. The van der Waals surface area contributed by atoms with Gasteiger partial charge in [-0.05, 0) is 43.9 Å². The number of Topliss-reactive ketones (excluding diaryl/α,β-unsaturated/α-hetero) is 1. The molecule has 3 heteroatoms. The summed E-state index contributed by atoms with van der Waals surface area (Å²) in [5.41, 5.74) is 0.0729. The molecule has 2 aliphatic rings. The molecule has 0 saturated heterocycles. The topological polar surface area (TPSA) is 54.4 Å². The van der Waals surface area contributed by atoms with E-state index < -0.39 is 5.97 Å². The van der Waals surface area contributed by atoms with Crippen LogP contribution in [-0.4, -0.2) is 16.9 Å². The van der Waals surface area contributed by atoms with Crippen molar-refractivity contribution in [2.45, 2.75) is 58.3 Å². The zero-order chi connectivity index (χ0) is 12.5. The lowest BCUT2D eigenvalue weighted by Crippen LogP contribution is -2.39. The van der Waals surface area contributed by atoms with Gasteiger partial charge in [0.15, 0.2) is 0 Å². The maximum Gasteiger partial charge on any atom is 0.306 e. The van der Waals surface area contributed by atoms with Gasteiger partial charge in [-0.3, -0.25) is 9.59 Å². The van der Waals surface area contributed by atoms with Gasteiger partial charge in [-0.15, -0.1) is 0 Å². The molecule has 0 amide bonds. The van der Waals surface area contributed by atoms with Crippen molar-refractivity contribution in [1.29, 1.82) is 0 Å². The lowest BCUT2D eigenvalue weighted by Gasteiger charge is -2.43. The molecule has 0 spiro atoms. The van der Waals surface area contributed by atoms with Crippen molar-refractivity contribution in [2.75, 3.05) is 0 Å². The highest BCUT2D eigenvalue weighted by Crippen LogP contribution is 2.47. The first-order valence-electron chi connectivity index (χ1n) is 6.78. The lowest BCUT2D eigenvalue weighted by atomic mass is 9.61. The molecule has 2 rings (SSSR count). The number of carboxylic acid groups (broad SMARTS) is 1. The highest BCUT2D eigenvalue weighted by atomic mass is 16.4. The summed E-state index contributed by atoms with van der Waals surface area (Å²) in [4.78, 5) is 22.9. The molecule has 0 heterocycles. The number of carboxylic acids is 1. The van der Waals surface area contributed by atoms with E-state index in [2.05, 4.69) is 6.92 Å². The average molecular weight is 238 g/mol. The van der Waals surface area contributed by atoms with Gasteiger partial charge in [0.1, 0.15) is 5.78 Å². The number of ketones is 1. The van der Waals surface area contributed by atoms with E-state index >= 15 is 0 Å². The van der Waals surface area contributed by atoms with Crippen molar-refractivity contribution >= 4 is 11.8 Å². The van der Waals surface area contributed by atoms with Gasteiger partial charge in [-0.1, -0.05) is 13.3 Å². The Balaban J connectivity index is 2.01. The predicted molar refractivity (Wildman–Crippen MR) is 64.7 cm³/mol. The normalized spacial score (nSPS) is 39.0. The molecular weight excluding hydrogens is 216 g/mol. The summed E-state index contributed by atoms with van der Waals surface area (Å²) in [6.45, 7) is 2.19. The molecule has 96 valence electrons. The quantitative estimate of drug-likeness (QED) is 0.804. The van der Waals surface area contributed by atoms with Crippen LogP contribution in [0.4, 0.5) is 0 Å². The molecule has 17 heavy (non-hydrogen) atoms. The zero-order valence-corrected chi connectivity index (χ0v) is 10.6. The summed E-state index contributed by atoms with van der Waals surface area (Å²) >= 11 is 0. The number of carbonyl (C=O) groups is 2. The molecule has 0 aromatic carbocycles. The van der Waals surface area contributed by atoms with Crippen molar-refractivity contribution in [2.24, 2.45) is 17.3 Å². The summed E-state index contributed by atoms with van der Waals surface area (Å²) in [6, 6.07) is 0. The Hall–Kier alpha value is -0.860. The molecule has 1 atom stereocenters. The second-order valence-electron chi connectivity index (χ2n) is 6.03. The summed E-state index contributed by atoms with van der Waals surface area (Å²) in [7, 11) is 0. The Labute approximate surface area is 103 Å². The Bertz CT molecular complexity index is 313. The summed E-state index contributed by atoms with van der Waals surface area (Å²) < 4.78 is 0. The fraction of sp³-hybridized carbons (Fsp3) is 0.857. The van der Waals surface area contributed by atoms with Gasteiger partial charge in [0.05, 0.1) is 5.92 Å². The van der Waals surface area contributed by atoms with Gasteiger partial charge in [-0.2, -0.15) is 0 Å². The number of hydrogen-bond donors (Lipinski definition) is 1. The van der Waals surface area contributed by atoms with E-state index in [1.54, 1.807) is 0 Å². The second kappa shape index (κ2) is 4.79. The summed E-state index contributed by atoms with van der Waals surface area (Å²) in [6.07, 6.45) is 7.26. The van der Waals surface area contributed by atoms with Crippen LogP contribution >= 0.6 is 0 Å². The van der Waals surface area contributed by atoms with Gasteiger partial charge < -0.3 is 5.11 Å². The smallest absolute Gasteiger partial charge is 0.306 e. The predicted octanol–water partition coefficient (Wildman–Crippen LogP) is 3.03. The Morgan fingerprint density at radius 1 is 1.24 bits per heavy atom. The SMILES string of the molecule is CC1(C2CCCCC2=O)CCC(C(=O)O)CC1. The highest BCUT2D eigenvalue weighted by Gasteiger charge is 2.43. The maximum atomic E-state index is 12.0. The molecular formula is C14H22O3. The fourth-order valence-electron chi connectivity index (χ4n) is 3.59. The lowest BCUT2D eigenvalue weighted by molar-refractivity contribution is -0.144. The van der Waals surface area contributed by atoms with E-state index in [9.17, 15) is 9.59 Å². The molecule has 3 nitrogen and oxygen atoms in total. The van der Waals surface area contributed by atoms with E-state index in [4.69, 9.17) is 5.11 Å². The monoisotopic (exact) mass is 238 g/mol. The molecule has 0 bridgehead atoms. The molecule has 1 unspecified atom stereocenters. The fourth-order valence-corrected chi connectivity index (χ4v) is 3.59. The molecule has 0 radical (unpaired) electrons. The molecule has 1 N–H and O–H groups in total. The third-order valence-corrected chi connectivity index (χ3v) is 4.87. The van der Waals surface area contributed by atoms with Gasteiger partial charge in [-0.25, -0.2) is 0 Å². The first-order chi connectivity index (χ1) is 8.03. The molecule has 0 aromatic rings. The second-order valence-corrected chi connectivity index (χ2v) is 6.03. The van der Waals surface area contributed by atoms with Crippen LogP contribution in [-0.2, 0) is 9.59 Å². The van der Waals surface area contributed by atoms with Crippen molar-refractivity contribution in [3.8, 4) is 0 Å². The van der Waals surface area contributed by atoms with Crippen molar-refractivity contribution in [3.63, 3.8) is 0 Å². The Morgan fingerprint density at radius 3 is 2.41 bits per heavy atom. The number of aliphatic carboxylic acids is 1. The minimum atomic E-state index is -0.665. The van der Waals surface area contributed by atoms with Crippen LogP contribution in [0.25, 0.3) is 0 Å². The minimum absolute atomic E-state index is 0.0729. The van der Waals surface area contributed by atoms with Gasteiger partial charge in [0, 0.05) is 12.3 Å². The summed E-state index contributed by atoms with van der Waals surface area (Å²) in [5, 5.41) is 9.00. The number of rotatable bonds is 2. The maximum absolute atomic E-state index is 12.0. The third-order valence-electron chi connectivity index (χ3n) is 4.87. The third kappa shape index (κ3) is 2.53. The Kier molecular flexibility index (Phi) is 3.55.